The van der Waals surface area contributed by atoms with E-state index in [2.05, 4.69) is 37.0 Å². The molecule has 6 heterocycles. The van der Waals surface area contributed by atoms with E-state index in [0.29, 0.717) is 0 Å². The maximum absolute atomic E-state index is 6.81. The summed E-state index contributed by atoms with van der Waals surface area (Å²) in [6.07, 6.45) is 10.1. The first-order valence-corrected chi connectivity index (χ1v) is 14.4. The number of aliphatic imine (C=N–C) groups is 1. The van der Waals surface area contributed by atoms with E-state index in [4.69, 9.17) is 14.2 Å². The van der Waals surface area contributed by atoms with Gasteiger partial charge in [0.25, 0.3) is 0 Å². The van der Waals surface area contributed by atoms with Crippen molar-refractivity contribution in [3.05, 3.63) is 24.2 Å². The summed E-state index contributed by atoms with van der Waals surface area (Å²) in [6, 6.07) is 4.19. The fourth-order valence-corrected chi connectivity index (χ4v) is 7.30. The maximum Gasteiger partial charge on any atom is 0.164 e. The largest absolute Gasteiger partial charge is 0.362 e. The third kappa shape index (κ3) is 4.29. The van der Waals surface area contributed by atoms with Crippen molar-refractivity contribution in [2.45, 2.75) is 80.3 Å². The van der Waals surface area contributed by atoms with Gasteiger partial charge in [-0.15, -0.1) is 11.8 Å². The van der Waals surface area contributed by atoms with E-state index in [1.807, 2.05) is 37.9 Å². The van der Waals surface area contributed by atoms with Crippen LogP contribution in [0.3, 0.4) is 0 Å². The van der Waals surface area contributed by atoms with Crippen molar-refractivity contribution in [3.8, 4) is 0 Å². The zero-order valence-electron chi connectivity index (χ0n) is 21.8. The molecule has 0 aliphatic carbocycles. The topological polar surface area (TPSA) is 76.7 Å². The molecule has 2 aromatic rings. The minimum atomic E-state index is -0.628. The normalized spacial score (nSPS) is 32.3. The van der Waals surface area contributed by atoms with Crippen LogP contribution in [0.4, 0.5) is 0 Å². The number of fused-ring (bicyclic) bond motifs is 2. The molecule has 0 bridgehead atoms. The minimum Gasteiger partial charge on any atom is -0.362 e. The van der Waals surface area contributed by atoms with Crippen LogP contribution in [0.5, 0.6) is 0 Å². The van der Waals surface area contributed by atoms with Crippen LogP contribution in [-0.4, -0.2) is 106 Å². The summed E-state index contributed by atoms with van der Waals surface area (Å²) in [6.45, 7) is 9.23. The minimum absolute atomic E-state index is 0.0468. The zero-order valence-corrected chi connectivity index (χ0v) is 22.6. The lowest BCUT2D eigenvalue weighted by molar-refractivity contribution is -0.191. The highest BCUT2D eigenvalue weighted by Crippen LogP contribution is 2.47. The first-order chi connectivity index (χ1) is 17.4. The molecule has 0 N–H and O–H groups in total. The van der Waals surface area contributed by atoms with Crippen molar-refractivity contribution >= 4 is 23.5 Å². The summed E-state index contributed by atoms with van der Waals surface area (Å²) >= 11 is 1.63. The van der Waals surface area contributed by atoms with E-state index >= 15 is 0 Å². The van der Waals surface area contributed by atoms with Gasteiger partial charge in [0.05, 0.1) is 11.2 Å². The van der Waals surface area contributed by atoms with Crippen LogP contribution in [-0.2, 0) is 14.2 Å². The Morgan fingerprint density at radius 2 is 1.94 bits per heavy atom. The molecule has 1 spiro atoms. The monoisotopic (exact) mass is 514 g/mol. The quantitative estimate of drug-likeness (QED) is 0.430. The lowest BCUT2D eigenvalue weighted by Gasteiger charge is -2.45. The Bertz CT molecular complexity index is 1110. The van der Waals surface area contributed by atoms with E-state index in [-0.39, 0.29) is 30.0 Å². The van der Waals surface area contributed by atoms with Gasteiger partial charge in [0.1, 0.15) is 35.8 Å². The van der Waals surface area contributed by atoms with E-state index in [0.717, 1.165) is 49.0 Å². The first-order valence-electron chi connectivity index (χ1n) is 13.2. The number of hydrogen-bond acceptors (Lipinski definition) is 9. The standard InChI is InChI=1S/C26H38N6O3S/c1-25(2)34-22-20(16-31-12-5-8-26(31)9-13-30(14-10-26)15-11-27-3)33-21(23(22)35-25)18-6-7-19-24(36-4)28-17-29-32(18)19/h6-7,11,17,20-23H,5,8-10,12-16H2,1-4H3/b27-11-/t20-,21+,22-,23+/m1/s1. The molecule has 36 heavy (non-hydrogen) atoms. The van der Waals surface area contributed by atoms with Gasteiger partial charge in [-0.2, -0.15) is 5.10 Å². The van der Waals surface area contributed by atoms with Gasteiger partial charge in [0.2, 0.25) is 0 Å². The van der Waals surface area contributed by atoms with Gasteiger partial charge < -0.3 is 14.2 Å². The highest BCUT2D eigenvalue weighted by molar-refractivity contribution is 7.98. The molecule has 0 radical (unpaired) electrons. The van der Waals surface area contributed by atoms with Crippen LogP contribution in [0.2, 0.25) is 0 Å². The van der Waals surface area contributed by atoms with Crippen LogP contribution in [0, 0.1) is 0 Å². The van der Waals surface area contributed by atoms with Crippen molar-refractivity contribution in [3.63, 3.8) is 0 Å². The fourth-order valence-electron chi connectivity index (χ4n) is 6.78. The predicted molar refractivity (Wildman–Crippen MR) is 140 cm³/mol. The van der Waals surface area contributed by atoms with Gasteiger partial charge in [-0.25, -0.2) is 9.50 Å². The molecule has 4 aliphatic heterocycles. The molecule has 2 aromatic heterocycles. The molecule has 4 atom stereocenters. The molecule has 4 aliphatic rings. The Hall–Kier alpha value is -1.56. The molecular formula is C26H38N6O3S. The summed E-state index contributed by atoms with van der Waals surface area (Å²) in [4.78, 5) is 13.8. The predicted octanol–water partition coefficient (Wildman–Crippen LogP) is 3.04. The number of ether oxygens (including phenoxy) is 3. The van der Waals surface area contributed by atoms with Gasteiger partial charge in [-0.05, 0) is 64.5 Å². The zero-order chi connectivity index (χ0) is 24.9. The lowest BCUT2D eigenvalue weighted by atomic mass is 9.84. The molecule has 4 saturated heterocycles. The van der Waals surface area contributed by atoms with Crippen molar-refractivity contribution in [1.82, 2.24) is 24.4 Å². The molecule has 9 nitrogen and oxygen atoms in total. The van der Waals surface area contributed by atoms with Gasteiger partial charge in [0.15, 0.2) is 5.79 Å². The van der Waals surface area contributed by atoms with E-state index < -0.39 is 5.79 Å². The highest BCUT2D eigenvalue weighted by Gasteiger charge is 2.57. The maximum atomic E-state index is 6.81. The fraction of sp³-hybridized carbons (Fsp3) is 0.731. The Labute approximate surface area is 217 Å². The average Bonchev–Trinajstić information content (AvgIpc) is 3.62. The van der Waals surface area contributed by atoms with Gasteiger partial charge in [-0.1, -0.05) is 0 Å². The Morgan fingerprint density at radius 3 is 2.72 bits per heavy atom. The number of likely N-dealkylation sites (tertiary alicyclic amines) is 2. The Morgan fingerprint density at radius 1 is 1.14 bits per heavy atom. The number of hydrogen-bond donors (Lipinski definition) is 0. The summed E-state index contributed by atoms with van der Waals surface area (Å²) in [5, 5.41) is 5.52. The van der Waals surface area contributed by atoms with Crippen molar-refractivity contribution in [1.29, 1.82) is 0 Å². The number of thioether (sulfide) groups is 1. The number of nitrogens with zero attached hydrogens (tertiary/aromatic N) is 6. The van der Waals surface area contributed by atoms with Gasteiger partial charge >= 0.3 is 0 Å². The Kier molecular flexibility index (Phi) is 6.63. The number of rotatable bonds is 6. The Balaban J connectivity index is 1.23. The molecule has 0 unspecified atom stereocenters. The third-order valence-electron chi connectivity index (χ3n) is 8.53. The number of aromatic nitrogens is 3. The van der Waals surface area contributed by atoms with E-state index in [1.165, 1.54) is 25.7 Å². The van der Waals surface area contributed by atoms with Gasteiger partial charge in [-0.3, -0.25) is 14.8 Å². The average molecular weight is 515 g/mol. The first kappa shape index (κ1) is 24.8. The van der Waals surface area contributed by atoms with Crippen LogP contribution < -0.4 is 0 Å². The van der Waals surface area contributed by atoms with Crippen LogP contribution >= 0.6 is 11.8 Å². The van der Waals surface area contributed by atoms with E-state index in [1.54, 1.807) is 18.1 Å². The van der Waals surface area contributed by atoms with E-state index in [9.17, 15) is 0 Å². The third-order valence-corrected chi connectivity index (χ3v) is 9.23. The summed E-state index contributed by atoms with van der Waals surface area (Å²) in [5.74, 6) is -0.628. The molecule has 10 heteroatoms. The molecule has 196 valence electrons. The SMILES string of the molecule is C/N=C\CN1CCC2(CCCN2C[C@H]2O[C@@H](c3ccc4c(SC)ncnn34)[C@@H]3OC(C)(C)O[C@@H]32)CC1. The molecule has 6 rings (SSSR count). The molecule has 4 fully saturated rings. The second-order valence-electron chi connectivity index (χ2n) is 11.0. The van der Waals surface area contributed by atoms with Crippen LogP contribution in [0.25, 0.3) is 5.52 Å². The van der Waals surface area contributed by atoms with Crippen molar-refractivity contribution < 1.29 is 14.2 Å². The second-order valence-corrected chi connectivity index (χ2v) is 11.8. The lowest BCUT2D eigenvalue weighted by Crippen LogP contribution is -2.55. The second kappa shape index (κ2) is 9.63. The summed E-state index contributed by atoms with van der Waals surface area (Å²) in [7, 11) is 1.85. The molecule has 0 amide bonds. The van der Waals surface area contributed by atoms with Crippen LogP contribution in [0.1, 0.15) is 51.3 Å². The van der Waals surface area contributed by atoms with Crippen molar-refractivity contribution in [2.75, 3.05) is 46.0 Å². The summed E-state index contributed by atoms with van der Waals surface area (Å²) < 4.78 is 21.7. The van der Waals surface area contributed by atoms with Gasteiger partial charge in [0, 0.05) is 45.0 Å². The van der Waals surface area contributed by atoms with Crippen molar-refractivity contribution in [2.24, 2.45) is 4.99 Å². The smallest absolute Gasteiger partial charge is 0.164 e. The summed E-state index contributed by atoms with van der Waals surface area (Å²) in [5.41, 5.74) is 2.28. The number of piperidine rings is 1. The molecule has 0 saturated carbocycles. The molecule has 0 aromatic carbocycles. The molecular weight excluding hydrogens is 476 g/mol. The van der Waals surface area contributed by atoms with Crippen LogP contribution in [0.15, 0.2) is 28.5 Å². The highest BCUT2D eigenvalue weighted by atomic mass is 32.2.